The number of Topliss-reactive ketones (excluding diaryl/α,β-unsaturated/α-hetero) is 1. The maximum absolute atomic E-state index is 11.7. The largest absolute Gasteiger partial charge is 0.309 e. The van der Waals surface area contributed by atoms with Crippen molar-refractivity contribution >= 4 is 5.78 Å². The van der Waals surface area contributed by atoms with E-state index >= 15 is 0 Å². The Morgan fingerprint density at radius 2 is 1.79 bits per heavy atom. The van der Waals surface area contributed by atoms with Crippen LogP contribution in [0.15, 0.2) is 0 Å². The minimum atomic E-state index is 0.183. The van der Waals surface area contributed by atoms with Crippen LogP contribution in [-0.4, -0.2) is 31.3 Å². The highest BCUT2D eigenvalue weighted by Gasteiger charge is 2.40. The summed E-state index contributed by atoms with van der Waals surface area (Å²) in [7, 11) is 4.16. The molecule has 1 rings (SSSR count). The second-order valence-electron chi connectivity index (χ2n) is 6.28. The Morgan fingerprint density at radius 3 is 2.21 bits per heavy atom. The Labute approximate surface area is 87.7 Å². The number of nitrogens with zero attached hydrogens (tertiary/aromatic N) is 1. The molecule has 2 nitrogen and oxygen atoms in total. The molecule has 0 radical (unpaired) electrons. The van der Waals surface area contributed by atoms with E-state index in [2.05, 4.69) is 39.8 Å². The molecule has 0 saturated heterocycles. The van der Waals surface area contributed by atoms with E-state index in [1.807, 2.05) is 0 Å². The molecule has 1 fully saturated rings. The fourth-order valence-corrected chi connectivity index (χ4v) is 3.23. The van der Waals surface area contributed by atoms with Gasteiger partial charge in [-0.15, -0.1) is 0 Å². The van der Waals surface area contributed by atoms with Gasteiger partial charge in [0.05, 0.1) is 0 Å². The maximum atomic E-state index is 11.7. The molecule has 1 aliphatic rings. The average molecular weight is 197 g/mol. The summed E-state index contributed by atoms with van der Waals surface area (Å²) in [6.07, 6.45) is 2.68. The van der Waals surface area contributed by atoms with Crippen LogP contribution in [0.1, 0.15) is 40.0 Å². The number of rotatable bonds is 2. The monoisotopic (exact) mass is 197 g/mol. The van der Waals surface area contributed by atoms with Crippen molar-refractivity contribution in [2.45, 2.75) is 40.0 Å². The number of ketones is 1. The van der Waals surface area contributed by atoms with E-state index in [1.54, 1.807) is 0 Å². The third-order valence-corrected chi connectivity index (χ3v) is 2.90. The van der Waals surface area contributed by atoms with Crippen LogP contribution in [-0.2, 0) is 4.79 Å². The Bertz CT molecular complexity index is 232. The Balaban J connectivity index is 2.74. The minimum Gasteiger partial charge on any atom is -0.309 e. The second kappa shape index (κ2) is 3.65. The Kier molecular flexibility index (Phi) is 3.05. The van der Waals surface area contributed by atoms with Gasteiger partial charge >= 0.3 is 0 Å². The lowest BCUT2D eigenvalue weighted by molar-refractivity contribution is -0.128. The molecule has 2 heteroatoms. The van der Waals surface area contributed by atoms with E-state index in [1.165, 1.54) is 0 Å². The third-order valence-electron chi connectivity index (χ3n) is 2.90. The summed E-state index contributed by atoms with van der Waals surface area (Å²) in [5, 5.41) is 0. The molecule has 0 amide bonds. The van der Waals surface area contributed by atoms with Crippen LogP contribution in [0.2, 0.25) is 0 Å². The van der Waals surface area contributed by atoms with Gasteiger partial charge < -0.3 is 4.90 Å². The number of carbonyl (C=O) groups excluding carboxylic acids is 1. The van der Waals surface area contributed by atoms with Gasteiger partial charge in [-0.1, -0.05) is 20.8 Å². The maximum Gasteiger partial charge on any atom is 0.134 e. The highest BCUT2D eigenvalue weighted by atomic mass is 16.1. The first-order valence-electron chi connectivity index (χ1n) is 5.39. The highest BCUT2D eigenvalue weighted by Crippen LogP contribution is 2.44. The molecule has 0 aliphatic heterocycles. The van der Waals surface area contributed by atoms with Crippen LogP contribution in [0, 0.1) is 10.8 Å². The van der Waals surface area contributed by atoms with Gasteiger partial charge in [0.15, 0.2) is 0 Å². The first-order chi connectivity index (χ1) is 6.22. The topological polar surface area (TPSA) is 20.3 Å². The first kappa shape index (κ1) is 11.7. The van der Waals surface area contributed by atoms with Crippen molar-refractivity contribution in [1.82, 2.24) is 4.90 Å². The average Bonchev–Trinajstić information content (AvgIpc) is 1.74. The molecule has 82 valence electrons. The van der Waals surface area contributed by atoms with Gasteiger partial charge in [-0.25, -0.2) is 0 Å². The molecule has 1 aliphatic carbocycles. The summed E-state index contributed by atoms with van der Waals surface area (Å²) >= 11 is 0. The van der Waals surface area contributed by atoms with Gasteiger partial charge in [-0.2, -0.15) is 0 Å². The second-order valence-corrected chi connectivity index (χ2v) is 6.28. The summed E-state index contributed by atoms with van der Waals surface area (Å²) in [6.45, 7) is 7.67. The number of carbonyl (C=O) groups is 1. The molecule has 0 aromatic carbocycles. The first-order valence-corrected chi connectivity index (χ1v) is 5.39. The fraction of sp³-hybridized carbons (Fsp3) is 0.917. The number of hydrogen-bond acceptors (Lipinski definition) is 2. The summed E-state index contributed by atoms with van der Waals surface area (Å²) < 4.78 is 0. The lowest BCUT2D eigenvalue weighted by Gasteiger charge is -2.43. The molecule has 0 heterocycles. The Morgan fingerprint density at radius 1 is 1.21 bits per heavy atom. The molecule has 0 bridgehead atoms. The van der Waals surface area contributed by atoms with Crippen molar-refractivity contribution in [1.29, 1.82) is 0 Å². The molecule has 1 saturated carbocycles. The lowest BCUT2D eigenvalue weighted by atomic mass is 9.64. The van der Waals surface area contributed by atoms with Crippen LogP contribution < -0.4 is 0 Å². The quantitative estimate of drug-likeness (QED) is 0.677. The molecular weight excluding hydrogens is 174 g/mol. The van der Waals surface area contributed by atoms with E-state index < -0.39 is 0 Å². The number of hydrogen-bond donors (Lipinski definition) is 0. The van der Waals surface area contributed by atoms with Crippen molar-refractivity contribution in [2.75, 3.05) is 20.6 Å². The summed E-state index contributed by atoms with van der Waals surface area (Å²) in [5.74, 6) is 0.436. The van der Waals surface area contributed by atoms with Crippen LogP contribution >= 0.6 is 0 Å². The van der Waals surface area contributed by atoms with E-state index in [9.17, 15) is 4.79 Å². The van der Waals surface area contributed by atoms with Crippen molar-refractivity contribution in [3.05, 3.63) is 0 Å². The van der Waals surface area contributed by atoms with E-state index in [-0.39, 0.29) is 10.8 Å². The van der Waals surface area contributed by atoms with Gasteiger partial charge in [0, 0.05) is 19.4 Å². The molecule has 14 heavy (non-hydrogen) atoms. The van der Waals surface area contributed by atoms with Crippen LogP contribution in [0.25, 0.3) is 0 Å². The predicted molar refractivity (Wildman–Crippen MR) is 59.3 cm³/mol. The molecule has 0 aromatic rings. The highest BCUT2D eigenvalue weighted by molar-refractivity contribution is 5.80. The standard InChI is InChI=1S/C12H23NO/c1-11(2)6-10(14)7-12(3,8-11)9-13(4)5/h6-9H2,1-5H3/t12-/m0/s1. The van der Waals surface area contributed by atoms with Crippen molar-refractivity contribution < 1.29 is 4.79 Å². The van der Waals surface area contributed by atoms with Gasteiger partial charge in [0.25, 0.3) is 0 Å². The zero-order valence-corrected chi connectivity index (χ0v) is 10.2. The van der Waals surface area contributed by atoms with Crippen LogP contribution in [0.3, 0.4) is 0 Å². The van der Waals surface area contributed by atoms with Gasteiger partial charge in [-0.3, -0.25) is 4.79 Å². The molecule has 0 spiro atoms. The van der Waals surface area contributed by atoms with Crippen LogP contribution in [0.4, 0.5) is 0 Å². The smallest absolute Gasteiger partial charge is 0.134 e. The Hall–Kier alpha value is -0.370. The van der Waals surface area contributed by atoms with Crippen molar-refractivity contribution in [3.8, 4) is 0 Å². The molecule has 0 unspecified atom stereocenters. The van der Waals surface area contributed by atoms with Gasteiger partial charge in [0.1, 0.15) is 5.78 Å². The molecule has 1 atom stereocenters. The minimum absolute atomic E-state index is 0.183. The summed E-state index contributed by atoms with van der Waals surface area (Å²) in [5.41, 5.74) is 0.377. The fourth-order valence-electron chi connectivity index (χ4n) is 3.23. The molecule has 0 N–H and O–H groups in total. The lowest BCUT2D eigenvalue weighted by Crippen LogP contribution is -2.41. The van der Waals surface area contributed by atoms with E-state index in [0.29, 0.717) is 5.78 Å². The van der Waals surface area contributed by atoms with Crippen molar-refractivity contribution in [2.24, 2.45) is 10.8 Å². The predicted octanol–water partition coefficient (Wildman–Crippen LogP) is 2.33. The normalized spacial score (nSPS) is 32.3. The van der Waals surface area contributed by atoms with Crippen LogP contribution in [0.5, 0.6) is 0 Å². The third kappa shape index (κ3) is 3.09. The molecular formula is C12H23NO. The SMILES string of the molecule is CN(C)C[C@@]1(C)CC(=O)CC(C)(C)C1. The van der Waals surface area contributed by atoms with Gasteiger partial charge in [-0.05, 0) is 31.3 Å². The molecule has 0 aromatic heterocycles. The zero-order chi connectivity index (χ0) is 11.0. The van der Waals surface area contributed by atoms with E-state index in [4.69, 9.17) is 0 Å². The van der Waals surface area contributed by atoms with E-state index in [0.717, 1.165) is 25.8 Å². The summed E-state index contributed by atoms with van der Waals surface area (Å²) in [6, 6.07) is 0. The van der Waals surface area contributed by atoms with Gasteiger partial charge in [0.2, 0.25) is 0 Å². The van der Waals surface area contributed by atoms with Crippen molar-refractivity contribution in [3.63, 3.8) is 0 Å². The summed E-state index contributed by atoms with van der Waals surface area (Å²) in [4.78, 5) is 13.8. The zero-order valence-electron chi connectivity index (χ0n) is 10.2.